The van der Waals surface area contributed by atoms with Crippen LogP contribution < -0.4 is 10.5 Å². The normalized spacial score (nSPS) is 28.4. The van der Waals surface area contributed by atoms with Gasteiger partial charge in [0, 0.05) is 0 Å². The van der Waals surface area contributed by atoms with Crippen LogP contribution in [0.3, 0.4) is 0 Å². The maximum Gasteiger partial charge on any atom is 0.230 e. The Morgan fingerprint density at radius 3 is 2.68 bits per heavy atom. The number of fused-ring (bicyclic) bond motifs is 1. The van der Waals surface area contributed by atoms with Gasteiger partial charge in [-0.25, -0.2) is 4.68 Å². The lowest BCUT2D eigenvalue weighted by Crippen LogP contribution is -2.33. The molecule has 0 amide bonds. The van der Waals surface area contributed by atoms with Gasteiger partial charge < -0.3 is 30.5 Å². The molecule has 0 aromatic carbocycles. The molecule has 10 nitrogen and oxygen atoms in total. The third-order valence-electron chi connectivity index (χ3n) is 3.44. The lowest BCUT2D eigenvalue weighted by Gasteiger charge is -2.15. The summed E-state index contributed by atoms with van der Waals surface area (Å²) in [5.41, 5.74) is 5.96. The van der Waals surface area contributed by atoms with E-state index in [-0.39, 0.29) is 11.8 Å². The smallest absolute Gasteiger partial charge is 0.230 e. The Labute approximate surface area is 138 Å². The first-order valence-electron chi connectivity index (χ1n) is 6.35. The zero-order valence-corrected chi connectivity index (χ0v) is 13.6. The average molecular weight is 423 g/mol. The van der Waals surface area contributed by atoms with Gasteiger partial charge in [0.1, 0.15) is 27.4 Å². The highest BCUT2D eigenvalue weighted by Gasteiger charge is 2.44. The number of anilines is 1. The number of ether oxygens (including phenoxy) is 2. The molecular weight excluding hydrogens is 409 g/mol. The van der Waals surface area contributed by atoms with E-state index in [1.165, 1.54) is 11.8 Å². The summed E-state index contributed by atoms with van der Waals surface area (Å²) in [6.45, 7) is -0.425. The van der Waals surface area contributed by atoms with Gasteiger partial charge in [-0.3, -0.25) is 0 Å². The minimum Gasteiger partial charge on any atom is -0.480 e. The molecule has 0 radical (unpaired) electrons. The van der Waals surface area contributed by atoms with Crippen molar-refractivity contribution in [2.45, 2.75) is 24.5 Å². The Kier molecular flexibility index (Phi) is 4.07. The van der Waals surface area contributed by atoms with Crippen molar-refractivity contribution in [1.29, 1.82) is 0 Å². The number of rotatable bonds is 3. The SMILES string of the molecule is COc1nc(N)nc2c1c(I)nn2[C@@H]1O[C@H](CO)[C@@H](O)[C@H]1O. The summed E-state index contributed by atoms with van der Waals surface area (Å²) in [6, 6.07) is 0. The lowest BCUT2D eigenvalue weighted by molar-refractivity contribution is -0.0568. The first-order valence-corrected chi connectivity index (χ1v) is 7.43. The van der Waals surface area contributed by atoms with Crippen molar-refractivity contribution in [3.05, 3.63) is 3.70 Å². The summed E-state index contributed by atoms with van der Waals surface area (Å²) in [6.07, 6.45) is -4.40. The van der Waals surface area contributed by atoms with Crippen LogP contribution in [0.2, 0.25) is 0 Å². The van der Waals surface area contributed by atoms with Crippen LogP contribution in [0.15, 0.2) is 0 Å². The van der Waals surface area contributed by atoms with Gasteiger partial charge >= 0.3 is 0 Å². The molecule has 4 atom stereocenters. The molecule has 0 aliphatic carbocycles. The molecule has 22 heavy (non-hydrogen) atoms. The molecule has 1 saturated heterocycles. The number of nitrogens with zero attached hydrogens (tertiary/aromatic N) is 4. The highest BCUT2D eigenvalue weighted by atomic mass is 127. The van der Waals surface area contributed by atoms with Gasteiger partial charge in [0.05, 0.1) is 13.7 Å². The molecule has 0 unspecified atom stereocenters. The molecule has 1 aliphatic heterocycles. The monoisotopic (exact) mass is 423 g/mol. The predicted octanol–water partition coefficient (Wildman–Crippen LogP) is -1.37. The quantitative estimate of drug-likeness (QED) is 0.439. The maximum atomic E-state index is 10.1. The number of aliphatic hydroxyl groups is 3. The number of methoxy groups -OCH3 is 1. The Bertz CT molecular complexity index is 710. The zero-order chi connectivity index (χ0) is 16.0. The summed E-state index contributed by atoms with van der Waals surface area (Å²) < 4.78 is 12.5. The number of nitrogens with two attached hydrogens (primary N) is 1. The number of aromatic nitrogens is 4. The largest absolute Gasteiger partial charge is 0.480 e. The topological polar surface area (TPSA) is 149 Å². The van der Waals surface area contributed by atoms with Gasteiger partial charge in [-0.15, -0.1) is 0 Å². The van der Waals surface area contributed by atoms with Crippen molar-refractivity contribution >= 4 is 39.6 Å². The second-order valence-corrected chi connectivity index (χ2v) is 5.78. The molecule has 2 aromatic heterocycles. The van der Waals surface area contributed by atoms with Gasteiger partial charge in [-0.05, 0) is 22.6 Å². The second-order valence-electron chi connectivity index (χ2n) is 4.75. The molecule has 0 spiro atoms. The fourth-order valence-corrected chi connectivity index (χ4v) is 3.09. The number of nitrogen functional groups attached to an aromatic ring is 1. The van der Waals surface area contributed by atoms with E-state index in [1.54, 1.807) is 0 Å². The molecule has 5 N–H and O–H groups in total. The van der Waals surface area contributed by atoms with E-state index in [0.717, 1.165) is 0 Å². The molecule has 1 aliphatic rings. The molecule has 3 rings (SSSR count). The van der Waals surface area contributed by atoms with E-state index in [2.05, 4.69) is 15.1 Å². The summed E-state index contributed by atoms with van der Waals surface area (Å²) in [7, 11) is 1.45. The van der Waals surface area contributed by atoms with Crippen molar-refractivity contribution in [2.24, 2.45) is 0 Å². The van der Waals surface area contributed by atoms with Gasteiger partial charge in [0.25, 0.3) is 0 Å². The molecule has 11 heteroatoms. The summed E-state index contributed by atoms with van der Waals surface area (Å²) in [4.78, 5) is 8.09. The number of aliphatic hydroxyl groups excluding tert-OH is 3. The second kappa shape index (κ2) is 5.73. The van der Waals surface area contributed by atoms with Crippen LogP contribution in [-0.4, -0.2) is 67.1 Å². The van der Waals surface area contributed by atoms with Crippen molar-refractivity contribution in [3.8, 4) is 5.88 Å². The molecule has 120 valence electrons. The lowest BCUT2D eigenvalue weighted by atomic mass is 10.1. The van der Waals surface area contributed by atoms with Crippen molar-refractivity contribution in [1.82, 2.24) is 19.7 Å². The first-order chi connectivity index (χ1) is 10.5. The number of hydrogen-bond acceptors (Lipinski definition) is 9. The van der Waals surface area contributed by atoms with Gasteiger partial charge in [0.2, 0.25) is 11.8 Å². The van der Waals surface area contributed by atoms with E-state index in [9.17, 15) is 15.3 Å². The van der Waals surface area contributed by atoms with Gasteiger partial charge in [-0.2, -0.15) is 15.1 Å². The molecular formula is C11H14IN5O5. The molecule has 2 aromatic rings. The summed E-state index contributed by atoms with van der Waals surface area (Å²) >= 11 is 1.97. The third kappa shape index (κ3) is 2.28. The van der Waals surface area contributed by atoms with E-state index < -0.39 is 31.1 Å². The Balaban J connectivity index is 2.14. The van der Waals surface area contributed by atoms with Crippen LogP contribution in [-0.2, 0) is 4.74 Å². The Hall–Kier alpha value is -1.28. The van der Waals surface area contributed by atoms with Gasteiger partial charge in [0.15, 0.2) is 11.9 Å². The fourth-order valence-electron chi connectivity index (χ4n) is 2.39. The Morgan fingerprint density at radius 1 is 1.36 bits per heavy atom. The Morgan fingerprint density at radius 2 is 2.09 bits per heavy atom. The van der Waals surface area contributed by atoms with E-state index in [0.29, 0.717) is 14.7 Å². The maximum absolute atomic E-state index is 10.1. The molecule has 0 bridgehead atoms. The van der Waals surface area contributed by atoms with E-state index in [1.807, 2.05) is 22.6 Å². The summed E-state index contributed by atoms with van der Waals surface area (Å²) in [5, 5.41) is 33.9. The van der Waals surface area contributed by atoms with Crippen molar-refractivity contribution < 1.29 is 24.8 Å². The zero-order valence-electron chi connectivity index (χ0n) is 11.4. The highest BCUT2D eigenvalue weighted by molar-refractivity contribution is 14.1. The predicted molar refractivity (Wildman–Crippen MR) is 82.0 cm³/mol. The van der Waals surface area contributed by atoms with E-state index >= 15 is 0 Å². The first kappa shape index (κ1) is 15.6. The molecule has 3 heterocycles. The highest BCUT2D eigenvalue weighted by Crippen LogP contribution is 2.34. The van der Waals surface area contributed by atoms with Crippen molar-refractivity contribution in [3.63, 3.8) is 0 Å². The summed E-state index contributed by atoms with van der Waals surface area (Å²) in [5.74, 6) is 0.235. The van der Waals surface area contributed by atoms with Crippen LogP contribution in [0.4, 0.5) is 5.95 Å². The number of halogens is 1. The third-order valence-corrected chi connectivity index (χ3v) is 4.20. The van der Waals surface area contributed by atoms with E-state index in [4.69, 9.17) is 15.2 Å². The van der Waals surface area contributed by atoms with Crippen LogP contribution in [0.25, 0.3) is 11.0 Å². The van der Waals surface area contributed by atoms with Crippen molar-refractivity contribution in [2.75, 3.05) is 19.5 Å². The van der Waals surface area contributed by atoms with Gasteiger partial charge in [-0.1, -0.05) is 0 Å². The molecule has 1 fully saturated rings. The minimum atomic E-state index is -1.27. The minimum absolute atomic E-state index is 0.0198. The van der Waals surface area contributed by atoms with Crippen LogP contribution >= 0.6 is 22.6 Å². The standard InChI is InChI=1S/C11H14IN5O5/c1-21-9-4-7(12)16-17(8(4)14-11(13)15-9)10-6(20)5(19)3(2-18)22-10/h3,5-6,10,18-20H,2H2,1H3,(H2,13,14,15)/t3-,5-,6-,10-/m1/s1. The molecule has 0 saturated carbocycles. The van der Waals surface area contributed by atoms with Crippen LogP contribution in [0.5, 0.6) is 5.88 Å². The number of hydrogen-bond donors (Lipinski definition) is 4. The average Bonchev–Trinajstić information content (AvgIpc) is 2.97. The van der Waals surface area contributed by atoms with Crippen LogP contribution in [0, 0.1) is 3.70 Å². The fraction of sp³-hybridized carbons (Fsp3) is 0.545. The van der Waals surface area contributed by atoms with Crippen LogP contribution in [0.1, 0.15) is 6.23 Å².